The fraction of sp³-hybridized carbons (Fsp3) is 0.435. The van der Waals surface area contributed by atoms with E-state index < -0.39 is 10.0 Å². The van der Waals surface area contributed by atoms with Crippen molar-refractivity contribution in [1.29, 1.82) is 0 Å². The molecule has 2 unspecified atom stereocenters. The Balaban J connectivity index is 1.77. The monoisotopic (exact) mass is 492 g/mol. The third-order valence-electron chi connectivity index (χ3n) is 5.94. The fourth-order valence-electron chi connectivity index (χ4n) is 3.90. The Hall–Kier alpha value is -1.70. The van der Waals surface area contributed by atoms with Gasteiger partial charge in [-0.15, -0.1) is 0 Å². The van der Waals surface area contributed by atoms with Crippen LogP contribution in [0.4, 0.5) is 5.69 Å². The molecule has 1 saturated heterocycles. The summed E-state index contributed by atoms with van der Waals surface area (Å²) in [6.07, 6.45) is 3.83. The molecule has 0 aromatic heterocycles. The topological polar surface area (TPSA) is 66.5 Å². The zero-order valence-corrected chi connectivity index (χ0v) is 20.1. The summed E-state index contributed by atoms with van der Waals surface area (Å²) >= 11 is 3.43. The second kappa shape index (κ2) is 9.62. The number of aryl methyl sites for hydroxylation is 1. The number of rotatable bonds is 6. The Labute approximate surface area is 188 Å². The summed E-state index contributed by atoms with van der Waals surface area (Å²) in [6.45, 7) is 6.72. The standard InChI is InChI=1S/C23H29BrN2O3S/c1-4-16(2)22-7-5-6-14-26(22)30(28,29)20-11-9-19(10-12-20)25-23(27)18-8-13-21(24)17(3)15-18/h8-13,15-16,22H,4-7,14H2,1-3H3,(H,25,27). The van der Waals surface area contributed by atoms with Gasteiger partial charge in [0.25, 0.3) is 5.91 Å². The lowest BCUT2D eigenvalue weighted by Crippen LogP contribution is -2.46. The van der Waals surface area contributed by atoms with Gasteiger partial charge in [0, 0.05) is 28.3 Å². The van der Waals surface area contributed by atoms with E-state index in [9.17, 15) is 13.2 Å². The van der Waals surface area contributed by atoms with E-state index in [4.69, 9.17) is 0 Å². The van der Waals surface area contributed by atoms with Crippen LogP contribution >= 0.6 is 15.9 Å². The molecule has 30 heavy (non-hydrogen) atoms. The smallest absolute Gasteiger partial charge is 0.255 e. The van der Waals surface area contributed by atoms with Gasteiger partial charge in [-0.3, -0.25) is 4.79 Å². The highest BCUT2D eigenvalue weighted by Gasteiger charge is 2.35. The van der Waals surface area contributed by atoms with E-state index in [2.05, 4.69) is 35.1 Å². The lowest BCUT2D eigenvalue weighted by atomic mass is 9.92. The van der Waals surface area contributed by atoms with Crippen molar-refractivity contribution in [3.8, 4) is 0 Å². The molecule has 0 spiro atoms. The van der Waals surface area contributed by atoms with Crippen LogP contribution in [0.2, 0.25) is 0 Å². The van der Waals surface area contributed by atoms with Crippen LogP contribution in [0.5, 0.6) is 0 Å². The first-order chi connectivity index (χ1) is 14.2. The minimum Gasteiger partial charge on any atom is -0.322 e. The Morgan fingerprint density at radius 1 is 1.20 bits per heavy atom. The average Bonchev–Trinajstić information content (AvgIpc) is 2.75. The number of piperidine rings is 1. The second-order valence-corrected chi connectivity index (χ2v) is 10.8. The molecule has 0 radical (unpaired) electrons. The third kappa shape index (κ3) is 4.95. The van der Waals surface area contributed by atoms with Crippen molar-refractivity contribution in [2.24, 2.45) is 5.92 Å². The maximum absolute atomic E-state index is 13.3. The highest BCUT2D eigenvalue weighted by Crippen LogP contribution is 2.31. The van der Waals surface area contributed by atoms with Crippen LogP contribution in [0.25, 0.3) is 0 Å². The molecule has 2 aromatic carbocycles. The molecule has 0 aliphatic carbocycles. The van der Waals surface area contributed by atoms with Crippen molar-refractivity contribution >= 4 is 37.5 Å². The summed E-state index contributed by atoms with van der Waals surface area (Å²) in [5.74, 6) is 0.0991. The number of nitrogens with one attached hydrogen (secondary N) is 1. The Morgan fingerprint density at radius 2 is 1.90 bits per heavy atom. The molecule has 1 heterocycles. The van der Waals surface area contributed by atoms with Gasteiger partial charge in [-0.25, -0.2) is 8.42 Å². The zero-order chi connectivity index (χ0) is 21.9. The molecule has 1 N–H and O–H groups in total. The van der Waals surface area contributed by atoms with Gasteiger partial charge in [0.15, 0.2) is 0 Å². The zero-order valence-electron chi connectivity index (χ0n) is 17.7. The summed E-state index contributed by atoms with van der Waals surface area (Å²) in [5, 5.41) is 2.84. The average molecular weight is 493 g/mol. The molecule has 0 saturated carbocycles. The SMILES string of the molecule is CCC(C)C1CCCCN1S(=O)(=O)c1ccc(NC(=O)c2ccc(Br)c(C)c2)cc1. The normalized spacial score (nSPS) is 18.7. The molecule has 2 atom stereocenters. The largest absolute Gasteiger partial charge is 0.322 e. The Morgan fingerprint density at radius 3 is 2.53 bits per heavy atom. The summed E-state index contributed by atoms with van der Waals surface area (Å²) in [7, 11) is -3.56. The van der Waals surface area contributed by atoms with E-state index in [1.165, 1.54) is 0 Å². The Kier molecular flexibility index (Phi) is 7.37. The number of sulfonamides is 1. The van der Waals surface area contributed by atoms with Gasteiger partial charge < -0.3 is 5.32 Å². The minimum atomic E-state index is -3.56. The maximum atomic E-state index is 13.3. The summed E-state index contributed by atoms with van der Waals surface area (Å²) in [5.41, 5.74) is 2.09. The van der Waals surface area contributed by atoms with E-state index in [1.807, 2.05) is 19.1 Å². The second-order valence-electron chi connectivity index (χ2n) is 8.01. The first-order valence-corrected chi connectivity index (χ1v) is 12.7. The number of halogens is 1. The van der Waals surface area contributed by atoms with E-state index >= 15 is 0 Å². The van der Waals surface area contributed by atoms with Crippen molar-refractivity contribution in [3.05, 3.63) is 58.1 Å². The van der Waals surface area contributed by atoms with Crippen LogP contribution in [0.15, 0.2) is 51.8 Å². The predicted molar refractivity (Wildman–Crippen MR) is 124 cm³/mol. The molecule has 1 amide bonds. The molecule has 0 bridgehead atoms. The molecular weight excluding hydrogens is 464 g/mol. The molecule has 1 fully saturated rings. The Bertz CT molecular complexity index is 1010. The number of nitrogens with zero attached hydrogens (tertiary/aromatic N) is 1. The molecular formula is C23H29BrN2O3S. The van der Waals surface area contributed by atoms with Crippen molar-refractivity contribution in [1.82, 2.24) is 4.31 Å². The van der Waals surface area contributed by atoms with Crippen molar-refractivity contribution in [2.75, 3.05) is 11.9 Å². The summed E-state index contributed by atoms with van der Waals surface area (Å²) in [4.78, 5) is 12.8. The highest BCUT2D eigenvalue weighted by molar-refractivity contribution is 9.10. The van der Waals surface area contributed by atoms with Gasteiger partial charge in [0.05, 0.1) is 4.90 Å². The first kappa shape index (κ1) is 23.0. The number of carbonyl (C=O) groups excluding carboxylic acids is 1. The quantitative estimate of drug-likeness (QED) is 0.570. The van der Waals surface area contributed by atoms with Crippen LogP contribution < -0.4 is 5.32 Å². The van der Waals surface area contributed by atoms with Crippen LogP contribution in [0.1, 0.15) is 55.5 Å². The van der Waals surface area contributed by atoms with E-state index in [0.717, 1.165) is 35.7 Å². The van der Waals surface area contributed by atoms with Gasteiger partial charge in [-0.05, 0) is 73.7 Å². The molecule has 5 nitrogen and oxygen atoms in total. The third-order valence-corrected chi connectivity index (χ3v) is 8.77. The number of anilines is 1. The lowest BCUT2D eigenvalue weighted by Gasteiger charge is -2.38. The summed E-state index contributed by atoms with van der Waals surface area (Å²) < 4.78 is 29.2. The fourth-order valence-corrected chi connectivity index (χ4v) is 5.94. The van der Waals surface area contributed by atoms with Gasteiger partial charge >= 0.3 is 0 Å². The number of carbonyl (C=O) groups is 1. The number of benzene rings is 2. The number of amides is 1. The van der Waals surface area contributed by atoms with Crippen LogP contribution in [0.3, 0.4) is 0 Å². The predicted octanol–water partition coefficient (Wildman–Crippen LogP) is 5.60. The van der Waals surface area contributed by atoms with E-state index in [1.54, 1.807) is 34.6 Å². The van der Waals surface area contributed by atoms with Gasteiger partial charge in [0.2, 0.25) is 10.0 Å². The molecule has 3 rings (SSSR count). The number of hydrogen-bond acceptors (Lipinski definition) is 3. The van der Waals surface area contributed by atoms with Crippen molar-refractivity contribution < 1.29 is 13.2 Å². The van der Waals surface area contributed by atoms with E-state index in [-0.39, 0.29) is 16.8 Å². The van der Waals surface area contributed by atoms with Crippen molar-refractivity contribution in [2.45, 2.75) is 57.4 Å². The minimum absolute atomic E-state index is 0.0498. The van der Waals surface area contributed by atoms with Gasteiger partial charge in [-0.1, -0.05) is 42.6 Å². The molecule has 162 valence electrons. The van der Waals surface area contributed by atoms with Crippen molar-refractivity contribution in [3.63, 3.8) is 0 Å². The van der Waals surface area contributed by atoms with Crippen LogP contribution in [-0.2, 0) is 10.0 Å². The van der Waals surface area contributed by atoms with Crippen LogP contribution in [0, 0.1) is 12.8 Å². The van der Waals surface area contributed by atoms with Gasteiger partial charge in [-0.2, -0.15) is 4.31 Å². The number of hydrogen-bond donors (Lipinski definition) is 1. The molecule has 1 aliphatic rings. The van der Waals surface area contributed by atoms with E-state index in [0.29, 0.717) is 23.7 Å². The lowest BCUT2D eigenvalue weighted by molar-refractivity contribution is 0.102. The van der Waals surface area contributed by atoms with Crippen LogP contribution in [-0.4, -0.2) is 31.2 Å². The highest BCUT2D eigenvalue weighted by atomic mass is 79.9. The molecule has 2 aromatic rings. The first-order valence-electron chi connectivity index (χ1n) is 10.4. The maximum Gasteiger partial charge on any atom is 0.255 e. The molecule has 1 aliphatic heterocycles. The van der Waals surface area contributed by atoms with Gasteiger partial charge in [0.1, 0.15) is 0 Å². The summed E-state index contributed by atoms with van der Waals surface area (Å²) in [6, 6.07) is 11.9. The molecule has 7 heteroatoms.